The number of thiazole rings is 1. The van der Waals surface area contributed by atoms with E-state index in [2.05, 4.69) is 22.5 Å². The Hall–Kier alpha value is -3.12. The predicted octanol–water partition coefficient (Wildman–Crippen LogP) is 5.27. The standard InChI is InChI=1S/C20H18N4OS/c1-2-14-7-3-5-9-16(14)21-19(25)22-17-10-6-4-8-15(17)18-13-24-11-12-26-20(24)23-18/h3-13H,2H2,1H3,(H2,21,22,25). The van der Waals surface area contributed by atoms with E-state index < -0.39 is 0 Å². The highest BCUT2D eigenvalue weighted by molar-refractivity contribution is 7.15. The number of nitrogens with one attached hydrogen (secondary N) is 2. The van der Waals surface area contributed by atoms with Crippen molar-refractivity contribution in [2.75, 3.05) is 10.6 Å². The number of carbonyl (C=O) groups is 1. The van der Waals surface area contributed by atoms with Gasteiger partial charge in [0.25, 0.3) is 0 Å². The minimum absolute atomic E-state index is 0.264. The molecular formula is C20H18N4OS. The van der Waals surface area contributed by atoms with E-state index in [-0.39, 0.29) is 6.03 Å². The van der Waals surface area contributed by atoms with Gasteiger partial charge < -0.3 is 10.6 Å². The van der Waals surface area contributed by atoms with Gasteiger partial charge in [-0.25, -0.2) is 9.78 Å². The molecule has 6 heteroatoms. The average Bonchev–Trinajstić information content (AvgIpc) is 3.24. The molecule has 2 N–H and O–H groups in total. The van der Waals surface area contributed by atoms with Crippen molar-refractivity contribution in [3.05, 3.63) is 71.9 Å². The van der Waals surface area contributed by atoms with Crippen LogP contribution in [0.25, 0.3) is 16.2 Å². The first-order valence-corrected chi connectivity index (χ1v) is 9.30. The fourth-order valence-electron chi connectivity index (χ4n) is 2.90. The van der Waals surface area contributed by atoms with E-state index in [9.17, 15) is 4.79 Å². The Bertz CT molecular complexity index is 1040. The van der Waals surface area contributed by atoms with Gasteiger partial charge in [0.1, 0.15) is 0 Å². The lowest BCUT2D eigenvalue weighted by Gasteiger charge is -2.13. The molecule has 0 atom stereocenters. The van der Waals surface area contributed by atoms with Crippen molar-refractivity contribution >= 4 is 33.7 Å². The molecule has 0 bridgehead atoms. The van der Waals surface area contributed by atoms with E-state index in [0.717, 1.165) is 39.6 Å². The molecule has 4 rings (SSSR count). The normalized spacial score (nSPS) is 10.8. The maximum Gasteiger partial charge on any atom is 0.323 e. The first-order valence-electron chi connectivity index (χ1n) is 8.42. The summed E-state index contributed by atoms with van der Waals surface area (Å²) in [5.41, 5.74) is 4.38. The number of imidazole rings is 1. The van der Waals surface area contributed by atoms with Gasteiger partial charge in [0.15, 0.2) is 4.96 Å². The van der Waals surface area contributed by atoms with Gasteiger partial charge in [-0.3, -0.25) is 4.40 Å². The van der Waals surface area contributed by atoms with Gasteiger partial charge in [0, 0.05) is 29.0 Å². The molecule has 2 amide bonds. The van der Waals surface area contributed by atoms with Gasteiger partial charge in [0.05, 0.1) is 11.4 Å². The first-order chi connectivity index (χ1) is 12.7. The van der Waals surface area contributed by atoms with Crippen LogP contribution in [0.2, 0.25) is 0 Å². The zero-order valence-electron chi connectivity index (χ0n) is 14.3. The van der Waals surface area contributed by atoms with Crippen molar-refractivity contribution < 1.29 is 4.79 Å². The Labute approximate surface area is 155 Å². The van der Waals surface area contributed by atoms with Crippen molar-refractivity contribution in [3.8, 4) is 11.3 Å². The molecule has 0 fully saturated rings. The summed E-state index contributed by atoms with van der Waals surface area (Å²) in [6.45, 7) is 2.07. The Balaban J connectivity index is 1.58. The number of para-hydroxylation sites is 2. The number of fused-ring (bicyclic) bond motifs is 1. The molecule has 0 saturated heterocycles. The Morgan fingerprint density at radius 1 is 1.08 bits per heavy atom. The van der Waals surface area contributed by atoms with Gasteiger partial charge in [-0.1, -0.05) is 43.3 Å². The van der Waals surface area contributed by atoms with Crippen LogP contribution in [0.3, 0.4) is 0 Å². The molecule has 26 heavy (non-hydrogen) atoms. The molecule has 2 aromatic carbocycles. The number of hydrogen-bond donors (Lipinski definition) is 2. The summed E-state index contributed by atoms with van der Waals surface area (Å²) in [5, 5.41) is 7.88. The molecule has 4 aromatic rings. The molecule has 0 aliphatic rings. The van der Waals surface area contributed by atoms with Gasteiger partial charge in [-0.15, -0.1) is 11.3 Å². The molecule has 0 radical (unpaired) electrons. The fourth-order valence-corrected chi connectivity index (χ4v) is 3.60. The zero-order chi connectivity index (χ0) is 17.9. The lowest BCUT2D eigenvalue weighted by molar-refractivity contribution is 0.262. The van der Waals surface area contributed by atoms with Crippen LogP contribution in [-0.2, 0) is 6.42 Å². The van der Waals surface area contributed by atoms with Crippen LogP contribution >= 0.6 is 11.3 Å². The van der Waals surface area contributed by atoms with Crippen LogP contribution in [0.5, 0.6) is 0 Å². The van der Waals surface area contributed by atoms with Crippen LogP contribution in [0.1, 0.15) is 12.5 Å². The molecule has 0 aliphatic heterocycles. The minimum Gasteiger partial charge on any atom is -0.307 e. The molecule has 0 aliphatic carbocycles. The quantitative estimate of drug-likeness (QED) is 0.520. The van der Waals surface area contributed by atoms with Crippen molar-refractivity contribution in [1.29, 1.82) is 0 Å². The van der Waals surface area contributed by atoms with Crippen LogP contribution in [0, 0.1) is 0 Å². The van der Waals surface area contributed by atoms with E-state index in [0.29, 0.717) is 0 Å². The number of urea groups is 1. The number of nitrogens with zero attached hydrogens (tertiary/aromatic N) is 2. The first kappa shape index (κ1) is 16.4. The van der Waals surface area contributed by atoms with E-state index in [1.54, 1.807) is 11.3 Å². The molecule has 0 unspecified atom stereocenters. The second kappa shape index (κ2) is 7.01. The summed E-state index contributed by atoms with van der Waals surface area (Å²) in [4.78, 5) is 18.1. The summed E-state index contributed by atoms with van der Waals surface area (Å²) >= 11 is 1.58. The molecule has 0 saturated carbocycles. The summed E-state index contributed by atoms with van der Waals surface area (Å²) in [6, 6.07) is 15.2. The maximum atomic E-state index is 12.5. The van der Waals surface area contributed by atoms with Gasteiger partial charge in [-0.05, 0) is 24.1 Å². The van der Waals surface area contributed by atoms with Gasteiger partial charge in [-0.2, -0.15) is 0 Å². The third kappa shape index (κ3) is 3.19. The highest BCUT2D eigenvalue weighted by atomic mass is 32.1. The van der Waals surface area contributed by atoms with Crippen LogP contribution < -0.4 is 10.6 Å². The number of rotatable bonds is 4. The van der Waals surface area contributed by atoms with Crippen molar-refractivity contribution in [2.45, 2.75) is 13.3 Å². The number of benzene rings is 2. The van der Waals surface area contributed by atoms with E-state index in [1.807, 2.05) is 70.7 Å². The molecule has 2 aromatic heterocycles. The number of anilines is 2. The number of carbonyl (C=O) groups excluding carboxylic acids is 1. The number of hydrogen-bond acceptors (Lipinski definition) is 3. The lowest BCUT2D eigenvalue weighted by atomic mass is 10.1. The van der Waals surface area contributed by atoms with Crippen LogP contribution in [-0.4, -0.2) is 15.4 Å². The monoisotopic (exact) mass is 362 g/mol. The number of aromatic nitrogens is 2. The van der Waals surface area contributed by atoms with Crippen LogP contribution in [0.15, 0.2) is 66.3 Å². The smallest absolute Gasteiger partial charge is 0.307 e. The summed E-state index contributed by atoms with van der Waals surface area (Å²) < 4.78 is 1.98. The van der Waals surface area contributed by atoms with E-state index >= 15 is 0 Å². The lowest BCUT2D eigenvalue weighted by Crippen LogP contribution is -2.20. The molecule has 5 nitrogen and oxygen atoms in total. The fraction of sp³-hybridized carbons (Fsp3) is 0.100. The zero-order valence-corrected chi connectivity index (χ0v) is 15.1. The Kier molecular flexibility index (Phi) is 4.41. The number of aryl methyl sites for hydroxylation is 1. The second-order valence-electron chi connectivity index (χ2n) is 5.85. The van der Waals surface area contributed by atoms with Crippen molar-refractivity contribution in [2.24, 2.45) is 0 Å². The third-order valence-corrected chi connectivity index (χ3v) is 4.96. The highest BCUT2D eigenvalue weighted by Crippen LogP contribution is 2.28. The van der Waals surface area contributed by atoms with Crippen molar-refractivity contribution in [1.82, 2.24) is 9.38 Å². The maximum absolute atomic E-state index is 12.5. The predicted molar refractivity (Wildman–Crippen MR) is 107 cm³/mol. The third-order valence-electron chi connectivity index (χ3n) is 4.19. The molecule has 0 spiro atoms. The highest BCUT2D eigenvalue weighted by Gasteiger charge is 2.12. The average molecular weight is 362 g/mol. The van der Waals surface area contributed by atoms with E-state index in [4.69, 9.17) is 0 Å². The summed E-state index contributed by atoms with van der Waals surface area (Å²) in [7, 11) is 0. The van der Waals surface area contributed by atoms with Gasteiger partial charge in [0.2, 0.25) is 0 Å². The Morgan fingerprint density at radius 3 is 2.62 bits per heavy atom. The van der Waals surface area contributed by atoms with Crippen LogP contribution in [0.4, 0.5) is 16.2 Å². The Morgan fingerprint density at radius 2 is 1.81 bits per heavy atom. The second-order valence-corrected chi connectivity index (χ2v) is 6.73. The molecule has 130 valence electrons. The van der Waals surface area contributed by atoms with Gasteiger partial charge >= 0.3 is 6.03 Å². The largest absolute Gasteiger partial charge is 0.323 e. The molecular weight excluding hydrogens is 344 g/mol. The SMILES string of the molecule is CCc1ccccc1NC(=O)Nc1ccccc1-c1cn2ccsc2n1. The topological polar surface area (TPSA) is 58.4 Å². The molecule has 2 heterocycles. The number of amides is 2. The summed E-state index contributed by atoms with van der Waals surface area (Å²) in [6.07, 6.45) is 4.80. The minimum atomic E-state index is -0.264. The van der Waals surface area contributed by atoms with E-state index in [1.165, 1.54) is 0 Å². The summed E-state index contributed by atoms with van der Waals surface area (Å²) in [5.74, 6) is 0. The van der Waals surface area contributed by atoms with Crippen molar-refractivity contribution in [3.63, 3.8) is 0 Å².